The molecule has 3 rings (SSSR count). The van der Waals surface area contributed by atoms with E-state index in [-0.39, 0.29) is 40.9 Å². The van der Waals surface area contributed by atoms with Crippen molar-refractivity contribution in [2.24, 2.45) is 0 Å². The van der Waals surface area contributed by atoms with Crippen LogP contribution in [-0.2, 0) is 13.0 Å². The fraction of sp³-hybridized carbons (Fsp3) is 0.182. The van der Waals surface area contributed by atoms with Crippen molar-refractivity contribution in [2.45, 2.75) is 19.4 Å². The quantitative estimate of drug-likeness (QED) is 0.391. The van der Waals surface area contributed by atoms with Gasteiger partial charge >= 0.3 is 29.6 Å². The Morgan fingerprint density at radius 2 is 1.83 bits per heavy atom. The van der Waals surface area contributed by atoms with E-state index in [1.807, 2.05) is 16.8 Å². The molecule has 0 N–H and O–H groups in total. The second-order valence-corrected chi connectivity index (χ2v) is 6.77. The van der Waals surface area contributed by atoms with Crippen molar-refractivity contribution in [3.8, 4) is 5.75 Å². The molecule has 0 aliphatic rings. The van der Waals surface area contributed by atoms with Crippen LogP contribution in [-0.4, -0.2) is 23.4 Å². The first-order chi connectivity index (χ1) is 13.5. The molecule has 0 aliphatic heterocycles. The number of aryl methyl sites for hydroxylation is 2. The zero-order valence-corrected chi connectivity index (χ0v) is 19.1. The van der Waals surface area contributed by atoms with Crippen LogP contribution in [0.15, 0.2) is 60.8 Å². The summed E-state index contributed by atoms with van der Waals surface area (Å²) in [5, 5.41) is 11.6. The van der Waals surface area contributed by atoms with Gasteiger partial charge in [-0.1, -0.05) is 17.7 Å². The Balaban J connectivity index is 0.00000300. The molecule has 1 aromatic heterocycles. The van der Waals surface area contributed by atoms with E-state index in [4.69, 9.17) is 16.3 Å². The number of rotatable bonds is 8. The average molecular weight is 420 g/mol. The van der Waals surface area contributed by atoms with E-state index in [0.717, 1.165) is 0 Å². The maximum Gasteiger partial charge on any atom is 1.00 e. The van der Waals surface area contributed by atoms with Gasteiger partial charge < -0.3 is 19.2 Å². The normalized spacial score (nSPS) is 10.3. The maximum atomic E-state index is 12.8. The number of halogens is 1. The zero-order chi connectivity index (χ0) is 20.1. The Morgan fingerprint density at radius 1 is 1.10 bits per heavy atom. The van der Waals surface area contributed by atoms with Crippen molar-refractivity contribution in [3.05, 3.63) is 88.2 Å². The molecular weight excluding hydrogens is 401 g/mol. The third kappa shape index (κ3) is 5.73. The minimum Gasteiger partial charge on any atom is -0.545 e. The third-order valence-corrected chi connectivity index (χ3v) is 4.79. The minimum absolute atomic E-state index is 0. The van der Waals surface area contributed by atoms with Crippen LogP contribution in [0.3, 0.4) is 0 Å². The molecule has 2 aromatic carbocycles. The van der Waals surface area contributed by atoms with Crippen molar-refractivity contribution in [3.63, 3.8) is 0 Å². The fourth-order valence-corrected chi connectivity index (χ4v) is 3.27. The maximum absolute atomic E-state index is 12.8. The first-order valence-electron chi connectivity index (χ1n) is 8.83. The molecule has 144 valence electrons. The van der Waals surface area contributed by atoms with Gasteiger partial charge in [-0.05, 0) is 66.9 Å². The Bertz CT molecular complexity index is 998. The van der Waals surface area contributed by atoms with Crippen molar-refractivity contribution in [2.75, 3.05) is 7.11 Å². The summed E-state index contributed by atoms with van der Waals surface area (Å²) >= 11 is 5.87. The number of nitrogens with zero attached hydrogens (tertiary/aromatic N) is 1. The first kappa shape index (κ1) is 23.2. The number of ketones is 1. The SMILES string of the molecule is COc1ccc(C(=O)c2cccn2CCCc2ccc(Cl)cc2C(=O)[O-])cc1.[Na+]. The molecule has 0 saturated heterocycles. The predicted molar refractivity (Wildman–Crippen MR) is 105 cm³/mol. The van der Waals surface area contributed by atoms with Crippen molar-refractivity contribution in [1.82, 2.24) is 4.57 Å². The molecule has 0 saturated carbocycles. The van der Waals surface area contributed by atoms with E-state index >= 15 is 0 Å². The molecule has 0 atom stereocenters. The molecular formula is C22H19ClNNaO4. The summed E-state index contributed by atoms with van der Waals surface area (Å²) in [4.78, 5) is 24.1. The van der Waals surface area contributed by atoms with Crippen LogP contribution >= 0.6 is 11.6 Å². The number of carboxylic acids is 1. The van der Waals surface area contributed by atoms with Crippen molar-refractivity contribution < 1.29 is 49.0 Å². The molecule has 29 heavy (non-hydrogen) atoms. The van der Waals surface area contributed by atoms with Crippen LogP contribution in [0.4, 0.5) is 0 Å². The van der Waals surface area contributed by atoms with E-state index in [0.29, 0.717) is 47.0 Å². The first-order valence-corrected chi connectivity index (χ1v) is 9.21. The molecule has 0 amide bonds. The van der Waals surface area contributed by atoms with E-state index < -0.39 is 5.97 Å². The van der Waals surface area contributed by atoms with Gasteiger partial charge in [0, 0.05) is 28.9 Å². The number of aromatic carboxylic acids is 1. The number of carbonyl (C=O) groups excluding carboxylic acids is 2. The van der Waals surface area contributed by atoms with E-state index in [1.54, 1.807) is 49.6 Å². The van der Waals surface area contributed by atoms with Gasteiger partial charge in [0.15, 0.2) is 0 Å². The Hall–Kier alpha value is -2.05. The van der Waals surface area contributed by atoms with E-state index in [2.05, 4.69) is 0 Å². The summed E-state index contributed by atoms with van der Waals surface area (Å²) in [5.41, 5.74) is 1.94. The van der Waals surface area contributed by atoms with Crippen LogP contribution in [0.25, 0.3) is 0 Å². The van der Waals surface area contributed by atoms with Crippen molar-refractivity contribution in [1.29, 1.82) is 0 Å². The van der Waals surface area contributed by atoms with Gasteiger partial charge in [0.1, 0.15) is 5.75 Å². The molecule has 0 unspecified atom stereocenters. The fourth-order valence-electron chi connectivity index (χ4n) is 3.10. The van der Waals surface area contributed by atoms with Gasteiger partial charge in [0.2, 0.25) is 5.78 Å². The molecule has 0 aliphatic carbocycles. The second-order valence-electron chi connectivity index (χ2n) is 6.34. The standard InChI is InChI=1S/C22H20ClNO4.Na/c1-28-18-10-7-16(8-11-18)21(25)20-5-3-13-24(20)12-2-4-15-6-9-17(23)14-19(15)22(26)27;/h3,5-11,13-14H,2,4,12H2,1H3,(H,26,27);/q;+1/p-1. The van der Waals surface area contributed by atoms with Gasteiger partial charge in [-0.3, -0.25) is 4.79 Å². The van der Waals surface area contributed by atoms with Gasteiger partial charge in [0.05, 0.1) is 18.8 Å². The monoisotopic (exact) mass is 419 g/mol. The minimum atomic E-state index is -1.24. The summed E-state index contributed by atoms with van der Waals surface area (Å²) in [6.45, 7) is 0.583. The van der Waals surface area contributed by atoms with E-state index in [1.165, 1.54) is 6.07 Å². The third-order valence-electron chi connectivity index (χ3n) is 4.55. The number of carboxylic acid groups (broad SMARTS) is 1. The molecule has 0 spiro atoms. The molecule has 1 heterocycles. The van der Waals surface area contributed by atoms with Crippen LogP contribution in [0, 0.1) is 0 Å². The average Bonchev–Trinajstić information content (AvgIpc) is 3.17. The number of methoxy groups -OCH3 is 1. The summed E-state index contributed by atoms with van der Waals surface area (Å²) in [5.74, 6) is -0.623. The Kier molecular flexibility index (Phi) is 8.53. The van der Waals surface area contributed by atoms with E-state index in [9.17, 15) is 14.7 Å². The Morgan fingerprint density at radius 3 is 2.48 bits per heavy atom. The number of benzene rings is 2. The Labute approximate surface area is 196 Å². The van der Waals surface area contributed by atoms with Gasteiger partial charge in [0.25, 0.3) is 0 Å². The van der Waals surface area contributed by atoms with Crippen LogP contribution in [0.2, 0.25) is 5.02 Å². The molecule has 0 radical (unpaired) electrons. The zero-order valence-electron chi connectivity index (χ0n) is 16.4. The largest absolute Gasteiger partial charge is 1.00 e. The number of ether oxygens (including phenoxy) is 1. The molecule has 3 aromatic rings. The molecule has 5 nitrogen and oxygen atoms in total. The van der Waals surface area contributed by atoms with Gasteiger partial charge in [-0.2, -0.15) is 0 Å². The summed E-state index contributed by atoms with van der Waals surface area (Å²) < 4.78 is 7.00. The summed E-state index contributed by atoms with van der Waals surface area (Å²) in [7, 11) is 1.58. The number of hydrogen-bond donors (Lipinski definition) is 0. The van der Waals surface area contributed by atoms with Crippen LogP contribution in [0.5, 0.6) is 5.75 Å². The van der Waals surface area contributed by atoms with Crippen LogP contribution < -0.4 is 39.4 Å². The molecule has 7 heteroatoms. The number of aromatic nitrogens is 1. The van der Waals surface area contributed by atoms with Crippen molar-refractivity contribution >= 4 is 23.4 Å². The number of carbonyl (C=O) groups is 2. The topological polar surface area (TPSA) is 71.4 Å². The van der Waals surface area contributed by atoms with Gasteiger partial charge in [-0.15, -0.1) is 0 Å². The predicted octanol–water partition coefficient (Wildman–Crippen LogP) is 0.381. The van der Waals surface area contributed by atoms with Gasteiger partial charge in [-0.25, -0.2) is 0 Å². The smallest absolute Gasteiger partial charge is 0.545 e. The second kappa shape index (κ2) is 10.6. The summed E-state index contributed by atoms with van der Waals surface area (Å²) in [6.07, 6.45) is 3.05. The molecule has 0 bridgehead atoms. The summed E-state index contributed by atoms with van der Waals surface area (Å²) in [6, 6.07) is 15.3. The van der Waals surface area contributed by atoms with Crippen LogP contribution in [0.1, 0.15) is 38.4 Å². The number of hydrogen-bond acceptors (Lipinski definition) is 4. The molecule has 0 fully saturated rings.